The third-order valence-corrected chi connectivity index (χ3v) is 0. The van der Waals surface area contributed by atoms with E-state index >= 15 is 0 Å². The maximum absolute atomic E-state index is 6.25. The molecular weight excluding hydrogens is 369 g/mol. The third kappa shape index (κ3) is 5360. The molecule has 0 bridgehead atoms. The Labute approximate surface area is 146 Å². The van der Waals surface area contributed by atoms with Gasteiger partial charge in [0.15, 0.2) is 0 Å². The minimum atomic E-state index is 0. The summed E-state index contributed by atoms with van der Waals surface area (Å²) in [6, 6.07) is 0. The predicted octanol–water partition coefficient (Wildman–Crippen LogP) is -8.41. The first-order valence-corrected chi connectivity index (χ1v) is 1.34. The second kappa shape index (κ2) is 6730. The topological polar surface area (TPSA) is 143 Å². The Balaban J connectivity index is -0.00000000321. The van der Waals surface area contributed by atoms with Crippen LogP contribution in [0.1, 0.15) is 0 Å². The summed E-state index contributed by atoms with van der Waals surface area (Å²) < 4.78 is 0. The summed E-state index contributed by atoms with van der Waals surface area (Å²) in [4.78, 5) is 0. The molecule has 0 fully saturated rings. The van der Waals surface area contributed by atoms with Crippen LogP contribution in [0, 0.1) is 71.0 Å². The van der Waals surface area contributed by atoms with Gasteiger partial charge in [0.05, 0.1) is 0 Å². The van der Waals surface area contributed by atoms with Crippen molar-refractivity contribution >= 4 is 0 Å². The fraction of sp³-hybridized carbons (Fsp3) is 0. The van der Waals surface area contributed by atoms with Crippen molar-refractivity contribution in [1.82, 2.24) is 0 Å². The van der Waals surface area contributed by atoms with Crippen molar-refractivity contribution in [3.63, 3.8) is 0 Å². The normalized spacial score (nSPS) is 0.750. The first-order valence-electron chi connectivity index (χ1n) is 1.34. The van der Waals surface area contributed by atoms with Crippen LogP contribution >= 0.6 is 0 Å². The molecule has 0 aromatic carbocycles. The maximum Gasteiger partial charge on any atom is 3.00 e. The van der Waals surface area contributed by atoms with Gasteiger partial charge < -0.3 is 71.0 Å². The second-order valence-electron chi connectivity index (χ2n) is 0. The molecule has 0 aliphatic rings. The van der Waals surface area contributed by atoms with Gasteiger partial charge in [-0.2, -0.15) is 0 Å². The van der Waals surface area contributed by atoms with E-state index in [0.29, 0.717) is 0 Å². The van der Waals surface area contributed by atoms with E-state index in [9.17, 15) is 0 Å². The van der Waals surface area contributed by atoms with Crippen molar-refractivity contribution < 1.29 is 76.7 Å². The molecule has 0 aromatic rings. The molecule has 0 saturated carbocycles. The van der Waals surface area contributed by atoms with Gasteiger partial charge in [-0.15, -0.1) is 0 Å². The summed E-state index contributed by atoms with van der Waals surface area (Å²) in [7, 11) is 0. The molecule has 0 N–H and O–H groups in total. The fourth-order valence-corrected chi connectivity index (χ4v) is 0. The Morgan fingerprint density at radius 3 is 0.312 bits per heavy atom. The number of hydrogen-bond donors (Lipinski definition) is 0. The SMILES string of the molecule is [C-]#N.[C-]#N.[C-]#N.[C-]#N.[C-]#N.[C-]#N.[Ir+3].[Li+].[Li+].[Li+]. The van der Waals surface area contributed by atoms with Crippen LogP contribution in [0.15, 0.2) is 0 Å². The Morgan fingerprint density at radius 1 is 0.312 bits per heavy atom. The van der Waals surface area contributed by atoms with Crippen molar-refractivity contribution in [3.05, 3.63) is 39.4 Å². The fourth-order valence-electron chi connectivity index (χ4n) is 0. The first-order chi connectivity index (χ1) is 6.00. The molecule has 16 heavy (non-hydrogen) atoms. The standard InChI is InChI=1S/6CN.Ir.3Li/c6*1-2;;;;/q6*-1;+3;3*+1. The van der Waals surface area contributed by atoms with Crippen LogP contribution in [-0.2, 0) is 20.1 Å². The second-order valence-corrected chi connectivity index (χ2v) is 0. The Bertz CT molecular complexity index is 103. The molecule has 10 heteroatoms. The average Bonchev–Trinajstić information content (AvgIpc) is 2.33. The molecule has 0 aliphatic heterocycles. The Hall–Kier alpha value is -0.618. The van der Waals surface area contributed by atoms with Gasteiger partial charge in [0, 0.05) is 0 Å². The summed E-state index contributed by atoms with van der Waals surface area (Å²) in [6.45, 7) is 28.5. The first kappa shape index (κ1) is 110. The van der Waals surface area contributed by atoms with Crippen LogP contribution in [0.25, 0.3) is 0 Å². The van der Waals surface area contributed by atoms with Crippen LogP contribution in [0.3, 0.4) is 0 Å². The summed E-state index contributed by atoms with van der Waals surface area (Å²) in [6.07, 6.45) is 0. The summed E-state index contributed by atoms with van der Waals surface area (Å²) in [5.41, 5.74) is 0. The van der Waals surface area contributed by atoms with Crippen molar-refractivity contribution in [2.75, 3.05) is 0 Å². The van der Waals surface area contributed by atoms with Crippen LogP contribution in [0.2, 0.25) is 0 Å². The quantitative estimate of drug-likeness (QED) is 0.307. The van der Waals surface area contributed by atoms with E-state index in [0.717, 1.165) is 0 Å². The molecule has 6 nitrogen and oxygen atoms in total. The van der Waals surface area contributed by atoms with Crippen molar-refractivity contribution in [2.24, 2.45) is 0 Å². The van der Waals surface area contributed by atoms with Crippen molar-refractivity contribution in [3.8, 4) is 0 Å². The molecular formula is C6IrLi3N6. The average molecular weight is 369 g/mol. The molecule has 66 valence electrons. The van der Waals surface area contributed by atoms with Gasteiger partial charge in [0.2, 0.25) is 0 Å². The van der Waals surface area contributed by atoms with Gasteiger partial charge >= 0.3 is 76.7 Å². The molecule has 0 aromatic heterocycles. The summed E-state index contributed by atoms with van der Waals surface area (Å²) in [5, 5.41) is 37.5. The van der Waals surface area contributed by atoms with E-state index in [4.69, 9.17) is 71.0 Å². The van der Waals surface area contributed by atoms with Gasteiger partial charge in [0.1, 0.15) is 0 Å². The zero-order valence-electron chi connectivity index (χ0n) is 9.02. The van der Waals surface area contributed by atoms with Gasteiger partial charge in [-0.25, -0.2) is 0 Å². The van der Waals surface area contributed by atoms with E-state index in [1.54, 1.807) is 0 Å². The minimum absolute atomic E-state index is 0. The summed E-state index contributed by atoms with van der Waals surface area (Å²) in [5.74, 6) is 0. The predicted molar refractivity (Wildman–Crippen MR) is 29.8 cm³/mol. The number of nitrogens with zero attached hydrogens (tertiary/aromatic N) is 6. The van der Waals surface area contributed by atoms with Gasteiger partial charge in [0.25, 0.3) is 0 Å². The van der Waals surface area contributed by atoms with Crippen LogP contribution in [-0.4, -0.2) is 0 Å². The molecule has 0 rings (SSSR count). The zero-order chi connectivity index (χ0) is 12.0. The van der Waals surface area contributed by atoms with E-state index in [-0.39, 0.29) is 76.7 Å². The monoisotopic (exact) mass is 370 g/mol. The third-order valence-electron chi connectivity index (χ3n) is 0. The molecule has 0 aliphatic carbocycles. The molecule has 0 radical (unpaired) electrons. The van der Waals surface area contributed by atoms with E-state index in [1.165, 1.54) is 0 Å². The zero-order valence-corrected chi connectivity index (χ0v) is 11.4. The van der Waals surface area contributed by atoms with Crippen LogP contribution in [0.5, 0.6) is 0 Å². The Morgan fingerprint density at radius 2 is 0.312 bits per heavy atom. The number of hydrogen-bond acceptors (Lipinski definition) is 6. The Kier molecular flexibility index (Phi) is 46200. The molecule has 0 spiro atoms. The molecule has 0 amide bonds. The van der Waals surface area contributed by atoms with Gasteiger partial charge in [-0.05, 0) is 0 Å². The molecule has 0 unspecified atom stereocenters. The summed E-state index contributed by atoms with van der Waals surface area (Å²) >= 11 is 0. The van der Waals surface area contributed by atoms with Crippen molar-refractivity contribution in [1.29, 1.82) is 31.6 Å². The van der Waals surface area contributed by atoms with Gasteiger partial charge in [-0.1, -0.05) is 0 Å². The molecule has 0 atom stereocenters. The molecule has 0 heterocycles. The minimum Gasteiger partial charge on any atom is -0.512 e. The largest absolute Gasteiger partial charge is 3.00 e. The van der Waals surface area contributed by atoms with E-state index < -0.39 is 0 Å². The smallest absolute Gasteiger partial charge is 0.512 e. The maximum atomic E-state index is 6.25. The van der Waals surface area contributed by atoms with Gasteiger partial charge in [-0.3, -0.25) is 0 Å². The van der Waals surface area contributed by atoms with E-state index in [2.05, 4.69) is 0 Å². The van der Waals surface area contributed by atoms with Crippen LogP contribution < -0.4 is 56.6 Å². The number of rotatable bonds is 0. The van der Waals surface area contributed by atoms with Crippen LogP contribution in [0.4, 0.5) is 0 Å². The molecule has 0 saturated heterocycles. The van der Waals surface area contributed by atoms with E-state index in [1.807, 2.05) is 0 Å². The van der Waals surface area contributed by atoms with Crippen molar-refractivity contribution in [2.45, 2.75) is 0 Å².